The topological polar surface area (TPSA) is 80.2 Å². The van der Waals surface area contributed by atoms with Gasteiger partial charge >= 0.3 is 0 Å². The molecule has 2 aromatic carbocycles. The molecule has 7 nitrogen and oxygen atoms in total. The molecular formula is C23H26FN3O4S. The number of amides is 2. The number of hydrogen-bond acceptors (Lipinski definition) is 6. The van der Waals surface area contributed by atoms with Gasteiger partial charge in [0.05, 0.1) is 19.9 Å². The molecule has 1 aliphatic heterocycles. The quantitative estimate of drug-likeness (QED) is 0.651. The second-order valence-corrected chi connectivity index (χ2v) is 8.19. The van der Waals surface area contributed by atoms with Crippen LogP contribution in [0.1, 0.15) is 18.9 Å². The van der Waals surface area contributed by atoms with Gasteiger partial charge in [-0.25, -0.2) is 4.39 Å². The molecule has 0 unspecified atom stereocenters. The Kier molecular flexibility index (Phi) is 8.10. The van der Waals surface area contributed by atoms with Crippen molar-refractivity contribution >= 4 is 34.4 Å². The number of nitrogens with zero attached hydrogens (tertiary/aromatic N) is 2. The molecule has 1 atom stereocenters. The lowest BCUT2D eigenvalue weighted by Crippen LogP contribution is -2.46. The van der Waals surface area contributed by atoms with Crippen molar-refractivity contribution in [1.29, 1.82) is 0 Å². The molecule has 0 bridgehead atoms. The number of benzene rings is 2. The molecule has 1 aliphatic rings. The molecule has 0 spiro atoms. The molecule has 1 heterocycles. The molecule has 0 aliphatic carbocycles. The Morgan fingerprint density at radius 2 is 1.97 bits per heavy atom. The molecule has 3 rings (SSSR count). The lowest BCUT2D eigenvalue weighted by atomic mass is 10.1. The lowest BCUT2D eigenvalue weighted by Gasteiger charge is -2.32. The number of methoxy groups -OCH3 is 2. The maximum Gasteiger partial charge on any atom is 0.238 e. The smallest absolute Gasteiger partial charge is 0.238 e. The molecule has 170 valence electrons. The fourth-order valence-electron chi connectivity index (χ4n) is 3.29. The van der Waals surface area contributed by atoms with Gasteiger partial charge in [-0.3, -0.25) is 19.5 Å². The van der Waals surface area contributed by atoms with Crippen LogP contribution in [0.3, 0.4) is 0 Å². The summed E-state index contributed by atoms with van der Waals surface area (Å²) in [6, 6.07) is 11.6. The monoisotopic (exact) mass is 459 g/mol. The summed E-state index contributed by atoms with van der Waals surface area (Å²) < 4.78 is 24.5. The van der Waals surface area contributed by atoms with Crippen LogP contribution >= 0.6 is 11.8 Å². The zero-order valence-corrected chi connectivity index (χ0v) is 19.1. The Morgan fingerprint density at radius 3 is 2.66 bits per heavy atom. The highest BCUT2D eigenvalue weighted by Gasteiger charge is 2.35. The number of rotatable bonds is 8. The number of aliphatic imine (C=N–C) groups is 1. The summed E-state index contributed by atoms with van der Waals surface area (Å²) in [5, 5.41) is 2.39. The van der Waals surface area contributed by atoms with Crippen LogP contribution in [-0.2, 0) is 16.0 Å². The van der Waals surface area contributed by atoms with Gasteiger partial charge in [-0.15, -0.1) is 0 Å². The van der Waals surface area contributed by atoms with Crippen LogP contribution in [0, 0.1) is 5.82 Å². The third-order valence-corrected chi connectivity index (χ3v) is 6.15. The predicted molar refractivity (Wildman–Crippen MR) is 124 cm³/mol. The minimum Gasteiger partial charge on any atom is -0.493 e. The molecule has 2 aromatic rings. The first-order chi connectivity index (χ1) is 15.5. The van der Waals surface area contributed by atoms with Crippen molar-refractivity contribution in [3.05, 3.63) is 53.8 Å². The van der Waals surface area contributed by atoms with Gasteiger partial charge < -0.3 is 14.8 Å². The van der Waals surface area contributed by atoms with Gasteiger partial charge in [0.1, 0.15) is 11.1 Å². The molecule has 0 aromatic heterocycles. The molecule has 0 radical (unpaired) electrons. The Hall–Kier alpha value is -3.07. The van der Waals surface area contributed by atoms with Crippen molar-refractivity contribution in [3.8, 4) is 11.5 Å². The fraction of sp³-hybridized carbons (Fsp3) is 0.348. The van der Waals surface area contributed by atoms with Crippen LogP contribution < -0.4 is 14.8 Å². The third kappa shape index (κ3) is 5.59. The summed E-state index contributed by atoms with van der Waals surface area (Å²) in [5.41, 5.74) is 1.08. The van der Waals surface area contributed by atoms with Crippen molar-refractivity contribution in [2.24, 2.45) is 4.99 Å². The molecule has 1 saturated heterocycles. The van der Waals surface area contributed by atoms with Crippen LogP contribution in [0.5, 0.6) is 11.5 Å². The highest BCUT2D eigenvalue weighted by molar-refractivity contribution is 8.15. The van der Waals surface area contributed by atoms with E-state index in [9.17, 15) is 14.0 Å². The van der Waals surface area contributed by atoms with Gasteiger partial charge in [0, 0.05) is 19.5 Å². The standard InChI is InChI=1S/C23H26FN3O4S/c1-4-25-23-27(12-11-15-9-10-18(30-2)19(13-15)31-3)21(28)14-20(32-23)22(29)26-17-8-6-5-7-16(17)24/h5-10,13,20H,4,11-12,14H2,1-3H3,(H,26,29)/t20-/m0/s1. The van der Waals surface area contributed by atoms with Gasteiger partial charge in [0.2, 0.25) is 11.8 Å². The highest BCUT2D eigenvalue weighted by Crippen LogP contribution is 2.30. The Bertz CT molecular complexity index is 1010. The first-order valence-electron chi connectivity index (χ1n) is 10.2. The first kappa shape index (κ1) is 23.6. The molecule has 32 heavy (non-hydrogen) atoms. The second kappa shape index (κ2) is 11.0. The SMILES string of the molecule is CCN=C1S[C@H](C(=O)Nc2ccccc2F)CC(=O)N1CCc1ccc(OC)c(OC)c1. The second-order valence-electron chi connectivity index (χ2n) is 7.02. The van der Waals surface area contributed by atoms with Crippen LogP contribution in [0.2, 0.25) is 0 Å². The summed E-state index contributed by atoms with van der Waals surface area (Å²) >= 11 is 1.23. The van der Waals surface area contributed by atoms with E-state index in [2.05, 4.69) is 10.3 Å². The van der Waals surface area contributed by atoms with Crippen LogP contribution in [0.4, 0.5) is 10.1 Å². The van der Waals surface area contributed by atoms with Crippen LogP contribution in [-0.4, -0.2) is 54.4 Å². The number of carbonyl (C=O) groups excluding carboxylic acids is 2. The zero-order valence-electron chi connectivity index (χ0n) is 18.3. The van der Waals surface area contributed by atoms with Gasteiger partial charge in [0.15, 0.2) is 16.7 Å². The normalized spacial score (nSPS) is 17.4. The molecule has 1 fully saturated rings. The molecule has 1 N–H and O–H groups in total. The summed E-state index contributed by atoms with van der Waals surface area (Å²) in [5.74, 6) is 0.128. The highest BCUT2D eigenvalue weighted by atomic mass is 32.2. The number of para-hydroxylation sites is 1. The van der Waals surface area contributed by atoms with Gasteiger partial charge in [0.25, 0.3) is 0 Å². The van der Waals surface area contributed by atoms with E-state index in [1.807, 2.05) is 25.1 Å². The van der Waals surface area contributed by atoms with Crippen molar-refractivity contribution in [3.63, 3.8) is 0 Å². The van der Waals surface area contributed by atoms with Crippen molar-refractivity contribution < 1.29 is 23.5 Å². The maximum absolute atomic E-state index is 13.9. The number of nitrogens with one attached hydrogen (secondary N) is 1. The fourth-order valence-corrected chi connectivity index (χ4v) is 4.46. The Labute approximate surface area is 191 Å². The molecular weight excluding hydrogens is 433 g/mol. The summed E-state index contributed by atoms with van der Waals surface area (Å²) in [4.78, 5) is 31.6. The van der Waals surface area contributed by atoms with Crippen LogP contribution in [0.15, 0.2) is 47.5 Å². The van der Waals surface area contributed by atoms with Gasteiger partial charge in [-0.2, -0.15) is 0 Å². The number of carbonyl (C=O) groups is 2. The summed E-state index contributed by atoms with van der Waals surface area (Å²) in [6.07, 6.45) is 0.598. The van der Waals surface area contributed by atoms with Gasteiger partial charge in [-0.05, 0) is 43.2 Å². The number of hydrogen-bond donors (Lipinski definition) is 1. The molecule has 2 amide bonds. The summed E-state index contributed by atoms with van der Waals surface area (Å²) in [7, 11) is 3.15. The minimum absolute atomic E-state index is 0.0135. The number of halogens is 1. The zero-order chi connectivity index (χ0) is 23.1. The van der Waals surface area contributed by atoms with E-state index in [1.165, 1.54) is 23.9 Å². The van der Waals surface area contributed by atoms with E-state index < -0.39 is 17.0 Å². The van der Waals surface area contributed by atoms with E-state index in [1.54, 1.807) is 31.3 Å². The number of anilines is 1. The maximum atomic E-state index is 13.9. The number of ether oxygens (including phenoxy) is 2. The predicted octanol–water partition coefficient (Wildman–Crippen LogP) is 3.73. The average molecular weight is 460 g/mol. The van der Waals surface area contributed by atoms with E-state index >= 15 is 0 Å². The van der Waals surface area contributed by atoms with E-state index in [-0.39, 0.29) is 18.0 Å². The average Bonchev–Trinajstić information content (AvgIpc) is 2.79. The van der Waals surface area contributed by atoms with Gasteiger partial charge in [-0.1, -0.05) is 30.0 Å². The lowest BCUT2D eigenvalue weighted by molar-refractivity contribution is -0.129. The third-order valence-electron chi connectivity index (χ3n) is 4.93. The number of amidine groups is 1. The molecule has 0 saturated carbocycles. The largest absolute Gasteiger partial charge is 0.493 e. The van der Waals surface area contributed by atoms with E-state index in [4.69, 9.17) is 9.47 Å². The Balaban J connectivity index is 1.69. The minimum atomic E-state index is -0.676. The van der Waals surface area contributed by atoms with Crippen molar-refractivity contribution in [1.82, 2.24) is 4.90 Å². The number of thioether (sulfide) groups is 1. The van der Waals surface area contributed by atoms with Crippen LogP contribution in [0.25, 0.3) is 0 Å². The first-order valence-corrected chi connectivity index (χ1v) is 11.1. The van der Waals surface area contributed by atoms with E-state index in [0.29, 0.717) is 36.2 Å². The van der Waals surface area contributed by atoms with Crippen molar-refractivity contribution in [2.75, 3.05) is 32.6 Å². The van der Waals surface area contributed by atoms with Crippen molar-refractivity contribution in [2.45, 2.75) is 25.0 Å². The summed E-state index contributed by atoms with van der Waals surface area (Å²) in [6.45, 7) is 2.76. The molecule has 9 heteroatoms. The van der Waals surface area contributed by atoms with E-state index in [0.717, 1.165) is 5.56 Å². The Morgan fingerprint density at radius 1 is 1.22 bits per heavy atom.